The van der Waals surface area contributed by atoms with Gasteiger partial charge in [-0.15, -0.1) is 0 Å². The van der Waals surface area contributed by atoms with Crippen molar-refractivity contribution in [2.45, 2.75) is 52.4 Å². The van der Waals surface area contributed by atoms with Gasteiger partial charge in [0, 0.05) is 44.2 Å². The summed E-state index contributed by atoms with van der Waals surface area (Å²) in [4.78, 5) is 2.56. The van der Waals surface area contributed by atoms with Crippen LogP contribution in [0.2, 0.25) is 0 Å². The summed E-state index contributed by atoms with van der Waals surface area (Å²) in [6, 6.07) is 0.542. The third-order valence-corrected chi connectivity index (χ3v) is 4.12. The molecule has 1 N–H and O–H groups in total. The van der Waals surface area contributed by atoms with Crippen LogP contribution in [0.5, 0.6) is 0 Å². The number of hydrogen-bond donors (Lipinski definition) is 1. The van der Waals surface area contributed by atoms with E-state index in [-0.39, 0.29) is 0 Å². The molecule has 0 radical (unpaired) electrons. The van der Waals surface area contributed by atoms with E-state index in [4.69, 9.17) is 9.47 Å². The van der Waals surface area contributed by atoms with Crippen LogP contribution in [0.25, 0.3) is 0 Å². The molecule has 0 amide bonds. The molecule has 3 unspecified atom stereocenters. The molecule has 2 rings (SSSR count). The maximum absolute atomic E-state index is 5.82. The van der Waals surface area contributed by atoms with E-state index < -0.39 is 0 Å². The molecular weight excluding hydrogens is 240 g/mol. The molecule has 2 heterocycles. The summed E-state index contributed by atoms with van der Waals surface area (Å²) in [7, 11) is 0. The first kappa shape index (κ1) is 15.2. The lowest BCUT2D eigenvalue weighted by Gasteiger charge is -2.40. The quantitative estimate of drug-likeness (QED) is 0.821. The summed E-state index contributed by atoms with van der Waals surface area (Å²) >= 11 is 0. The van der Waals surface area contributed by atoms with E-state index in [0.717, 1.165) is 39.4 Å². The Hall–Kier alpha value is -0.160. The van der Waals surface area contributed by atoms with Crippen molar-refractivity contribution in [3.63, 3.8) is 0 Å². The summed E-state index contributed by atoms with van der Waals surface area (Å²) in [6.07, 6.45) is 1.87. The minimum Gasteiger partial charge on any atom is -0.381 e. The third-order valence-electron chi connectivity index (χ3n) is 4.12. The monoisotopic (exact) mass is 270 g/mol. The minimum atomic E-state index is 0.293. The lowest BCUT2D eigenvalue weighted by Crippen LogP contribution is -2.52. The molecule has 0 saturated carbocycles. The number of ether oxygens (including phenoxy) is 2. The lowest BCUT2D eigenvalue weighted by molar-refractivity contribution is -0.0781. The molecule has 112 valence electrons. The van der Waals surface area contributed by atoms with Gasteiger partial charge >= 0.3 is 0 Å². The van der Waals surface area contributed by atoms with Crippen LogP contribution in [0.4, 0.5) is 0 Å². The van der Waals surface area contributed by atoms with Crippen LogP contribution in [0.1, 0.15) is 34.1 Å². The SMILES string of the molecule is CC(C)NCC1(CN2CC(C)OC(C)C2)CCOC1. The molecule has 2 saturated heterocycles. The Balaban J connectivity index is 1.92. The van der Waals surface area contributed by atoms with E-state index in [9.17, 15) is 0 Å². The third kappa shape index (κ3) is 4.42. The second-order valence-corrected chi connectivity index (χ2v) is 6.79. The van der Waals surface area contributed by atoms with Crippen LogP contribution >= 0.6 is 0 Å². The summed E-state index contributed by atoms with van der Waals surface area (Å²) in [5.74, 6) is 0. The largest absolute Gasteiger partial charge is 0.381 e. The standard InChI is InChI=1S/C15H30N2O2/c1-12(2)16-9-15(5-6-18-11-15)10-17-7-13(3)19-14(4)8-17/h12-14,16H,5-11H2,1-4H3. The zero-order chi connectivity index (χ0) is 13.9. The molecule has 2 fully saturated rings. The van der Waals surface area contributed by atoms with Gasteiger partial charge in [-0.3, -0.25) is 4.90 Å². The van der Waals surface area contributed by atoms with Crippen LogP contribution in [-0.4, -0.2) is 62.5 Å². The highest BCUT2D eigenvalue weighted by molar-refractivity contribution is 4.90. The molecule has 0 aromatic heterocycles. The predicted molar refractivity (Wildman–Crippen MR) is 77.5 cm³/mol. The number of nitrogens with zero attached hydrogens (tertiary/aromatic N) is 1. The van der Waals surface area contributed by atoms with Gasteiger partial charge in [0.2, 0.25) is 0 Å². The molecular formula is C15H30N2O2. The highest BCUT2D eigenvalue weighted by atomic mass is 16.5. The van der Waals surface area contributed by atoms with Gasteiger partial charge in [-0.05, 0) is 20.3 Å². The van der Waals surface area contributed by atoms with Crippen molar-refractivity contribution in [2.24, 2.45) is 5.41 Å². The fourth-order valence-corrected chi connectivity index (χ4v) is 3.28. The van der Waals surface area contributed by atoms with Crippen LogP contribution in [0, 0.1) is 5.41 Å². The van der Waals surface area contributed by atoms with Gasteiger partial charge in [-0.1, -0.05) is 13.8 Å². The van der Waals surface area contributed by atoms with Crippen LogP contribution in [0.3, 0.4) is 0 Å². The highest BCUT2D eigenvalue weighted by Gasteiger charge is 2.38. The maximum atomic E-state index is 5.82. The van der Waals surface area contributed by atoms with Crippen molar-refractivity contribution in [3.05, 3.63) is 0 Å². The van der Waals surface area contributed by atoms with E-state index in [2.05, 4.69) is 37.9 Å². The molecule has 4 heteroatoms. The fraction of sp³-hybridized carbons (Fsp3) is 1.00. The zero-order valence-corrected chi connectivity index (χ0v) is 12.9. The molecule has 0 aromatic carbocycles. The summed E-state index contributed by atoms with van der Waals surface area (Å²) in [6.45, 7) is 14.9. The van der Waals surface area contributed by atoms with Crippen molar-refractivity contribution < 1.29 is 9.47 Å². The molecule has 3 atom stereocenters. The van der Waals surface area contributed by atoms with Gasteiger partial charge in [-0.2, -0.15) is 0 Å². The van der Waals surface area contributed by atoms with Crippen LogP contribution in [0.15, 0.2) is 0 Å². The van der Waals surface area contributed by atoms with Gasteiger partial charge in [0.1, 0.15) is 0 Å². The Kier molecular flexibility index (Phi) is 5.23. The highest BCUT2D eigenvalue weighted by Crippen LogP contribution is 2.30. The topological polar surface area (TPSA) is 33.7 Å². The smallest absolute Gasteiger partial charge is 0.0678 e. The molecule has 0 spiro atoms. The van der Waals surface area contributed by atoms with Gasteiger partial charge < -0.3 is 14.8 Å². The maximum Gasteiger partial charge on any atom is 0.0678 e. The zero-order valence-electron chi connectivity index (χ0n) is 12.9. The first-order valence-corrected chi connectivity index (χ1v) is 7.68. The van der Waals surface area contributed by atoms with E-state index >= 15 is 0 Å². The Morgan fingerprint density at radius 1 is 1.26 bits per heavy atom. The number of morpholine rings is 1. The van der Waals surface area contributed by atoms with Gasteiger partial charge in [0.05, 0.1) is 18.8 Å². The Morgan fingerprint density at radius 3 is 2.47 bits per heavy atom. The minimum absolute atomic E-state index is 0.293. The lowest BCUT2D eigenvalue weighted by atomic mass is 9.86. The van der Waals surface area contributed by atoms with Crippen molar-refractivity contribution in [2.75, 3.05) is 39.4 Å². The van der Waals surface area contributed by atoms with Crippen molar-refractivity contribution in [1.82, 2.24) is 10.2 Å². The van der Waals surface area contributed by atoms with E-state index in [1.807, 2.05) is 0 Å². The normalized spacial score (nSPS) is 37.1. The van der Waals surface area contributed by atoms with Gasteiger partial charge in [0.15, 0.2) is 0 Å². The van der Waals surface area contributed by atoms with E-state index in [1.54, 1.807) is 0 Å². The van der Waals surface area contributed by atoms with Crippen molar-refractivity contribution in [3.8, 4) is 0 Å². The summed E-state index contributed by atoms with van der Waals surface area (Å²) in [5.41, 5.74) is 0.293. The molecule has 0 bridgehead atoms. The second-order valence-electron chi connectivity index (χ2n) is 6.79. The van der Waals surface area contributed by atoms with Crippen LogP contribution < -0.4 is 5.32 Å². The van der Waals surface area contributed by atoms with Gasteiger partial charge in [0.25, 0.3) is 0 Å². The first-order valence-electron chi connectivity index (χ1n) is 7.68. The molecule has 2 aliphatic rings. The summed E-state index contributed by atoms with van der Waals surface area (Å²) < 4.78 is 11.5. The second kappa shape index (κ2) is 6.53. The number of nitrogens with one attached hydrogen (secondary N) is 1. The Labute approximate surface area is 117 Å². The Morgan fingerprint density at radius 2 is 1.95 bits per heavy atom. The van der Waals surface area contributed by atoms with Gasteiger partial charge in [-0.25, -0.2) is 0 Å². The average Bonchev–Trinajstić information content (AvgIpc) is 2.74. The van der Waals surface area contributed by atoms with Crippen molar-refractivity contribution >= 4 is 0 Å². The molecule has 2 aliphatic heterocycles. The average molecular weight is 270 g/mol. The fourth-order valence-electron chi connectivity index (χ4n) is 3.28. The van der Waals surface area contributed by atoms with Crippen LogP contribution in [-0.2, 0) is 9.47 Å². The van der Waals surface area contributed by atoms with Crippen molar-refractivity contribution in [1.29, 1.82) is 0 Å². The number of hydrogen-bond acceptors (Lipinski definition) is 4. The van der Waals surface area contributed by atoms with E-state index in [1.165, 1.54) is 6.42 Å². The molecule has 19 heavy (non-hydrogen) atoms. The number of rotatable bonds is 5. The Bertz CT molecular complexity index is 267. The van der Waals surface area contributed by atoms with E-state index in [0.29, 0.717) is 23.7 Å². The molecule has 4 nitrogen and oxygen atoms in total. The summed E-state index contributed by atoms with van der Waals surface area (Å²) in [5, 5.41) is 3.60. The first-order chi connectivity index (χ1) is 8.99. The molecule has 0 aliphatic carbocycles. The molecule has 0 aromatic rings. The predicted octanol–water partition coefficient (Wildman–Crippen LogP) is 1.50.